The second-order valence-electron chi connectivity index (χ2n) is 5.45. The zero-order chi connectivity index (χ0) is 12.4. The third kappa shape index (κ3) is 2.79. The van der Waals surface area contributed by atoms with Gasteiger partial charge in [-0.25, -0.2) is 0 Å². The highest BCUT2D eigenvalue weighted by molar-refractivity contribution is 9.10. The Morgan fingerprint density at radius 1 is 1.06 bits per heavy atom. The lowest BCUT2D eigenvalue weighted by Crippen LogP contribution is -2.42. The van der Waals surface area contributed by atoms with E-state index in [1.165, 1.54) is 48.8 Å². The second-order valence-corrected chi connectivity index (χ2v) is 6.30. The number of piperazine rings is 1. The summed E-state index contributed by atoms with van der Waals surface area (Å²) in [7, 11) is 0. The molecule has 98 valence electrons. The van der Waals surface area contributed by atoms with Crippen LogP contribution in [0.1, 0.15) is 29.5 Å². The fraction of sp³-hybridized carbons (Fsp3) is 0.600. The molecule has 1 aliphatic heterocycles. The van der Waals surface area contributed by atoms with Crippen molar-refractivity contribution in [2.45, 2.75) is 32.2 Å². The molecule has 1 N–H and O–H groups in total. The van der Waals surface area contributed by atoms with Crippen molar-refractivity contribution in [1.82, 2.24) is 10.2 Å². The Morgan fingerprint density at radius 3 is 2.44 bits per heavy atom. The summed E-state index contributed by atoms with van der Waals surface area (Å²) in [5.74, 6) is 0. The highest BCUT2D eigenvalue weighted by Crippen LogP contribution is 2.28. The number of hydrogen-bond donors (Lipinski definition) is 1. The maximum Gasteiger partial charge on any atom is 0.0246 e. The Labute approximate surface area is 118 Å². The fourth-order valence-electron chi connectivity index (χ4n) is 3.04. The van der Waals surface area contributed by atoms with Crippen LogP contribution in [0.2, 0.25) is 0 Å². The minimum atomic E-state index is 1.09. The maximum atomic E-state index is 3.76. The van der Waals surface area contributed by atoms with Crippen LogP contribution in [-0.4, -0.2) is 31.1 Å². The number of fused-ring (bicyclic) bond motifs is 1. The molecule has 1 aromatic carbocycles. The molecule has 0 radical (unpaired) electrons. The summed E-state index contributed by atoms with van der Waals surface area (Å²) in [6.07, 6.45) is 5.26. The predicted molar refractivity (Wildman–Crippen MR) is 78.9 cm³/mol. The van der Waals surface area contributed by atoms with Gasteiger partial charge in [-0.05, 0) is 48.4 Å². The fourth-order valence-corrected chi connectivity index (χ4v) is 3.55. The SMILES string of the molecule is Brc1cc2c(cc1CN1CCNCC1)CCCC2. The first-order valence-electron chi connectivity index (χ1n) is 7.06. The molecule has 0 aromatic heterocycles. The van der Waals surface area contributed by atoms with Gasteiger partial charge in [-0.15, -0.1) is 0 Å². The van der Waals surface area contributed by atoms with Crippen LogP contribution < -0.4 is 5.32 Å². The highest BCUT2D eigenvalue weighted by Gasteiger charge is 2.15. The molecular formula is C15H21BrN2. The molecule has 3 rings (SSSR count). The van der Waals surface area contributed by atoms with Crippen molar-refractivity contribution in [3.63, 3.8) is 0 Å². The Hall–Kier alpha value is -0.380. The van der Waals surface area contributed by atoms with Crippen molar-refractivity contribution in [2.75, 3.05) is 26.2 Å². The molecule has 1 aliphatic carbocycles. The topological polar surface area (TPSA) is 15.3 Å². The van der Waals surface area contributed by atoms with E-state index < -0.39 is 0 Å². The minimum Gasteiger partial charge on any atom is -0.314 e. The molecule has 1 aromatic rings. The normalized spacial score (nSPS) is 20.7. The lowest BCUT2D eigenvalue weighted by atomic mass is 9.90. The largest absolute Gasteiger partial charge is 0.314 e. The van der Waals surface area contributed by atoms with Gasteiger partial charge in [0.15, 0.2) is 0 Å². The molecule has 0 bridgehead atoms. The van der Waals surface area contributed by atoms with Gasteiger partial charge in [0.1, 0.15) is 0 Å². The van der Waals surface area contributed by atoms with E-state index in [4.69, 9.17) is 0 Å². The summed E-state index contributed by atoms with van der Waals surface area (Å²) in [5, 5.41) is 3.41. The number of halogens is 1. The molecule has 3 heteroatoms. The monoisotopic (exact) mass is 308 g/mol. The number of rotatable bonds is 2. The van der Waals surface area contributed by atoms with Gasteiger partial charge >= 0.3 is 0 Å². The van der Waals surface area contributed by atoms with E-state index in [-0.39, 0.29) is 0 Å². The van der Waals surface area contributed by atoms with Gasteiger partial charge in [0.2, 0.25) is 0 Å². The lowest BCUT2D eigenvalue weighted by molar-refractivity contribution is 0.233. The molecule has 0 atom stereocenters. The summed E-state index contributed by atoms with van der Waals surface area (Å²) in [6.45, 7) is 5.69. The summed E-state index contributed by atoms with van der Waals surface area (Å²) >= 11 is 3.76. The van der Waals surface area contributed by atoms with E-state index in [0.29, 0.717) is 0 Å². The first-order chi connectivity index (χ1) is 8.83. The Bertz CT molecular complexity index is 425. The molecule has 2 nitrogen and oxygen atoms in total. The van der Waals surface area contributed by atoms with Crippen molar-refractivity contribution in [1.29, 1.82) is 0 Å². The third-order valence-corrected chi connectivity index (χ3v) is 4.85. The minimum absolute atomic E-state index is 1.09. The molecule has 0 amide bonds. The van der Waals surface area contributed by atoms with Gasteiger partial charge in [-0.2, -0.15) is 0 Å². The number of aryl methyl sites for hydroxylation is 2. The highest BCUT2D eigenvalue weighted by atomic mass is 79.9. The first kappa shape index (κ1) is 12.6. The molecule has 1 heterocycles. The molecule has 1 fully saturated rings. The molecule has 0 saturated carbocycles. The van der Waals surface area contributed by atoms with Gasteiger partial charge in [0, 0.05) is 37.2 Å². The lowest BCUT2D eigenvalue weighted by Gasteiger charge is -2.28. The first-order valence-corrected chi connectivity index (χ1v) is 7.85. The average Bonchev–Trinajstić information content (AvgIpc) is 2.41. The molecule has 18 heavy (non-hydrogen) atoms. The second kappa shape index (κ2) is 5.72. The summed E-state index contributed by atoms with van der Waals surface area (Å²) in [4.78, 5) is 2.55. The predicted octanol–water partition coefficient (Wildman–Crippen LogP) is 2.73. The quantitative estimate of drug-likeness (QED) is 0.904. The van der Waals surface area contributed by atoms with Gasteiger partial charge in [0.05, 0.1) is 0 Å². The number of nitrogens with zero attached hydrogens (tertiary/aromatic N) is 1. The Kier molecular flexibility index (Phi) is 4.02. The van der Waals surface area contributed by atoms with Crippen molar-refractivity contribution < 1.29 is 0 Å². The summed E-state index contributed by atoms with van der Waals surface area (Å²) in [5.41, 5.74) is 4.63. The van der Waals surface area contributed by atoms with Crippen LogP contribution in [0.5, 0.6) is 0 Å². The number of nitrogens with one attached hydrogen (secondary N) is 1. The van der Waals surface area contributed by atoms with E-state index in [9.17, 15) is 0 Å². The van der Waals surface area contributed by atoms with Gasteiger partial charge in [-0.3, -0.25) is 4.90 Å². The smallest absolute Gasteiger partial charge is 0.0246 e. The Balaban J connectivity index is 1.78. The molecular weight excluding hydrogens is 288 g/mol. The zero-order valence-corrected chi connectivity index (χ0v) is 12.4. The number of benzene rings is 1. The van der Waals surface area contributed by atoms with Gasteiger partial charge in [0.25, 0.3) is 0 Å². The third-order valence-electron chi connectivity index (χ3n) is 4.11. The number of hydrogen-bond acceptors (Lipinski definition) is 2. The standard InChI is InChI=1S/C15H21BrN2/c16-15-10-13-4-2-1-3-12(13)9-14(15)11-18-7-5-17-6-8-18/h9-10,17H,1-8,11H2. The van der Waals surface area contributed by atoms with Gasteiger partial charge in [-0.1, -0.05) is 22.0 Å². The van der Waals surface area contributed by atoms with Crippen LogP contribution in [0.3, 0.4) is 0 Å². The van der Waals surface area contributed by atoms with Crippen LogP contribution in [0.25, 0.3) is 0 Å². The van der Waals surface area contributed by atoms with Crippen LogP contribution in [0.15, 0.2) is 16.6 Å². The van der Waals surface area contributed by atoms with Crippen molar-refractivity contribution in [3.8, 4) is 0 Å². The summed E-state index contributed by atoms with van der Waals surface area (Å²) < 4.78 is 1.31. The van der Waals surface area contributed by atoms with E-state index in [1.54, 1.807) is 11.1 Å². The van der Waals surface area contributed by atoms with Crippen molar-refractivity contribution in [2.24, 2.45) is 0 Å². The van der Waals surface area contributed by atoms with E-state index in [1.807, 2.05) is 0 Å². The van der Waals surface area contributed by atoms with E-state index in [2.05, 4.69) is 38.3 Å². The van der Waals surface area contributed by atoms with E-state index in [0.717, 1.165) is 19.6 Å². The molecule has 0 unspecified atom stereocenters. The van der Waals surface area contributed by atoms with Crippen LogP contribution in [0, 0.1) is 0 Å². The molecule has 1 saturated heterocycles. The Morgan fingerprint density at radius 2 is 1.72 bits per heavy atom. The zero-order valence-electron chi connectivity index (χ0n) is 10.8. The van der Waals surface area contributed by atoms with Crippen molar-refractivity contribution in [3.05, 3.63) is 33.3 Å². The summed E-state index contributed by atoms with van der Waals surface area (Å²) in [6, 6.07) is 4.81. The molecule has 2 aliphatic rings. The average molecular weight is 309 g/mol. The van der Waals surface area contributed by atoms with Crippen LogP contribution in [0.4, 0.5) is 0 Å². The van der Waals surface area contributed by atoms with Crippen LogP contribution >= 0.6 is 15.9 Å². The van der Waals surface area contributed by atoms with Crippen molar-refractivity contribution >= 4 is 15.9 Å². The molecule has 0 spiro atoms. The van der Waals surface area contributed by atoms with Crippen LogP contribution in [-0.2, 0) is 19.4 Å². The maximum absolute atomic E-state index is 3.76. The van der Waals surface area contributed by atoms with Gasteiger partial charge < -0.3 is 5.32 Å². The van der Waals surface area contributed by atoms with E-state index >= 15 is 0 Å².